The molecule has 0 saturated carbocycles. The molecule has 7 heteroatoms. The van der Waals surface area contributed by atoms with Gasteiger partial charge in [-0.2, -0.15) is 0 Å². The molecule has 0 bridgehead atoms. The summed E-state index contributed by atoms with van der Waals surface area (Å²) in [4.78, 5) is 11.8. The van der Waals surface area contributed by atoms with E-state index in [1.165, 1.54) is 0 Å². The normalized spacial score (nSPS) is 11.7. The molecule has 0 aliphatic carbocycles. The molecule has 2 rings (SSSR count). The van der Waals surface area contributed by atoms with Crippen LogP contribution in [0, 0.1) is 0 Å². The van der Waals surface area contributed by atoms with E-state index in [1.54, 1.807) is 0 Å². The fourth-order valence-corrected chi connectivity index (χ4v) is 2.81. The molecule has 0 saturated heterocycles. The van der Waals surface area contributed by atoms with E-state index in [9.17, 15) is 4.79 Å². The van der Waals surface area contributed by atoms with E-state index in [0.29, 0.717) is 0 Å². The number of hydrazine groups is 1. The molecule has 6 N–H and O–H groups in total. The van der Waals surface area contributed by atoms with Crippen LogP contribution in [-0.4, -0.2) is 11.1 Å². The first-order chi connectivity index (χ1) is 10.5. The van der Waals surface area contributed by atoms with Crippen LogP contribution in [0.3, 0.4) is 0 Å². The average molecular weight is 380 g/mol. The Labute approximate surface area is 140 Å². The molecule has 0 atom stereocenters. The van der Waals surface area contributed by atoms with Crippen molar-refractivity contribution in [1.82, 2.24) is 5.43 Å². The van der Waals surface area contributed by atoms with E-state index >= 15 is 0 Å². The zero-order chi connectivity index (χ0) is 16.1. The summed E-state index contributed by atoms with van der Waals surface area (Å²) in [5.41, 5.74) is 9.77. The van der Waals surface area contributed by atoms with Crippen LogP contribution >= 0.6 is 27.7 Å². The molecule has 0 aliphatic heterocycles. The van der Waals surface area contributed by atoms with E-state index in [2.05, 4.69) is 21.4 Å². The highest BCUT2D eigenvalue weighted by molar-refractivity contribution is 9.10. The lowest BCUT2D eigenvalue weighted by atomic mass is 10.1. The smallest absolute Gasteiger partial charge is 0.356 e. The zero-order valence-corrected chi connectivity index (χ0v) is 13.8. The van der Waals surface area contributed by atoms with Crippen LogP contribution < -0.4 is 17.0 Å². The second-order valence-electron chi connectivity index (χ2n) is 4.32. The quantitative estimate of drug-likeness (QED) is 0.275. The van der Waals surface area contributed by atoms with Gasteiger partial charge in [-0.1, -0.05) is 52.0 Å². The molecule has 114 valence electrons. The molecule has 2 aromatic rings. The van der Waals surface area contributed by atoms with E-state index in [0.717, 1.165) is 32.3 Å². The minimum absolute atomic E-state index is 0.103. The number of carboxylic acids is 1. The third-order valence-electron chi connectivity index (χ3n) is 2.86. The highest BCUT2D eigenvalue weighted by Gasteiger charge is 2.12. The first-order valence-corrected chi connectivity index (χ1v) is 7.85. The topological polar surface area (TPSA) is 101 Å². The number of aliphatic carboxylic acids is 1. The monoisotopic (exact) mass is 379 g/mol. The predicted octanol–water partition coefficient (Wildman–Crippen LogP) is 2.88. The van der Waals surface area contributed by atoms with Crippen LogP contribution in [0.25, 0.3) is 11.1 Å². The number of thioether (sulfide) groups is 1. The summed E-state index contributed by atoms with van der Waals surface area (Å²) in [5.74, 6) is 3.96. The maximum atomic E-state index is 10.9. The molecule has 5 nitrogen and oxygen atoms in total. The molecule has 0 aliphatic rings. The van der Waals surface area contributed by atoms with Crippen LogP contribution in [0.4, 0.5) is 0 Å². The van der Waals surface area contributed by atoms with Crippen molar-refractivity contribution < 1.29 is 9.90 Å². The molecule has 2 aromatic carbocycles. The van der Waals surface area contributed by atoms with Gasteiger partial charge >= 0.3 is 5.97 Å². The van der Waals surface area contributed by atoms with Crippen molar-refractivity contribution in [1.29, 1.82) is 0 Å². The van der Waals surface area contributed by atoms with Crippen LogP contribution in [0.2, 0.25) is 0 Å². The molecule has 0 heterocycles. The lowest BCUT2D eigenvalue weighted by Crippen LogP contribution is -2.29. The molecular weight excluding hydrogens is 366 g/mol. The van der Waals surface area contributed by atoms with Crippen molar-refractivity contribution in [3.63, 3.8) is 0 Å². The average Bonchev–Trinajstić information content (AvgIpc) is 2.49. The Bertz CT molecular complexity index is 700. The van der Waals surface area contributed by atoms with Gasteiger partial charge in [0.2, 0.25) is 0 Å². The largest absolute Gasteiger partial charge is 0.476 e. The van der Waals surface area contributed by atoms with Crippen LogP contribution in [0.1, 0.15) is 0 Å². The Morgan fingerprint density at radius 1 is 1.05 bits per heavy atom. The van der Waals surface area contributed by atoms with Gasteiger partial charge in [-0.25, -0.2) is 4.79 Å². The van der Waals surface area contributed by atoms with Crippen molar-refractivity contribution in [3.8, 4) is 11.1 Å². The summed E-state index contributed by atoms with van der Waals surface area (Å²) in [5, 5.41) is 9.04. The van der Waals surface area contributed by atoms with Crippen molar-refractivity contribution in [2.45, 2.75) is 4.90 Å². The molecular formula is C15H14BrN3O2S. The molecule has 0 radical (unpaired) electrons. The number of carboxylic acid groups (broad SMARTS) is 1. The van der Waals surface area contributed by atoms with Crippen molar-refractivity contribution in [3.05, 3.63) is 63.7 Å². The Kier molecular flexibility index (Phi) is 5.48. The second-order valence-corrected chi connectivity index (χ2v) is 6.35. The summed E-state index contributed by atoms with van der Waals surface area (Å²) in [6.07, 6.45) is 0. The Morgan fingerprint density at radius 2 is 1.55 bits per heavy atom. The van der Waals surface area contributed by atoms with Crippen LogP contribution in [0.5, 0.6) is 0 Å². The zero-order valence-electron chi connectivity index (χ0n) is 11.4. The Hall–Kier alpha value is -1.96. The van der Waals surface area contributed by atoms with Gasteiger partial charge in [0.15, 0.2) is 5.70 Å². The molecule has 0 unspecified atom stereocenters. The summed E-state index contributed by atoms with van der Waals surface area (Å²) >= 11 is 4.54. The third-order valence-corrected chi connectivity index (χ3v) is 4.32. The fraction of sp³-hybridized carbons (Fsp3) is 0. The van der Waals surface area contributed by atoms with Gasteiger partial charge in [-0.15, -0.1) is 0 Å². The van der Waals surface area contributed by atoms with E-state index in [-0.39, 0.29) is 10.7 Å². The second kappa shape index (κ2) is 7.35. The van der Waals surface area contributed by atoms with Gasteiger partial charge in [0.25, 0.3) is 0 Å². The predicted molar refractivity (Wildman–Crippen MR) is 91.6 cm³/mol. The third kappa shape index (κ3) is 4.03. The van der Waals surface area contributed by atoms with Crippen molar-refractivity contribution in [2.75, 3.05) is 0 Å². The minimum Gasteiger partial charge on any atom is -0.476 e. The summed E-state index contributed by atoms with van der Waals surface area (Å²) in [6, 6.07) is 15.7. The number of rotatable bonds is 5. The number of hydrogen-bond donors (Lipinski definition) is 4. The summed E-state index contributed by atoms with van der Waals surface area (Å²) in [7, 11) is 0. The fourth-order valence-electron chi connectivity index (χ4n) is 1.77. The first kappa shape index (κ1) is 16.4. The maximum absolute atomic E-state index is 10.9. The van der Waals surface area contributed by atoms with Crippen LogP contribution in [-0.2, 0) is 4.79 Å². The molecule has 0 aromatic heterocycles. The van der Waals surface area contributed by atoms with Gasteiger partial charge in [0.05, 0.1) is 0 Å². The lowest BCUT2D eigenvalue weighted by Gasteiger charge is -2.08. The standard InChI is InChI=1S/C15H14BrN3O2S/c16-11-5-1-9(2-6-11)10-3-7-12(8-4-10)22-14(17)13(19-18)15(20)21/h1-8,19H,17-18H2,(H,20,21)/b14-13+. The number of halogens is 1. The van der Waals surface area contributed by atoms with E-state index in [1.807, 2.05) is 48.5 Å². The van der Waals surface area contributed by atoms with Crippen molar-refractivity contribution >= 4 is 33.7 Å². The highest BCUT2D eigenvalue weighted by Crippen LogP contribution is 2.28. The molecule has 22 heavy (non-hydrogen) atoms. The first-order valence-electron chi connectivity index (χ1n) is 6.25. The molecule has 0 fully saturated rings. The van der Waals surface area contributed by atoms with Gasteiger partial charge < -0.3 is 16.3 Å². The lowest BCUT2D eigenvalue weighted by molar-refractivity contribution is -0.133. The van der Waals surface area contributed by atoms with Gasteiger partial charge in [-0.05, 0) is 35.4 Å². The minimum atomic E-state index is -1.20. The SMILES string of the molecule is NN/C(C(=O)O)=C(\N)Sc1ccc(-c2ccc(Br)cc2)cc1. The number of benzene rings is 2. The van der Waals surface area contributed by atoms with Gasteiger partial charge in [0, 0.05) is 9.37 Å². The number of carbonyl (C=O) groups is 1. The number of nitrogens with one attached hydrogen (secondary N) is 1. The molecule has 0 amide bonds. The number of hydrogen-bond acceptors (Lipinski definition) is 5. The van der Waals surface area contributed by atoms with Crippen molar-refractivity contribution in [2.24, 2.45) is 11.6 Å². The van der Waals surface area contributed by atoms with Crippen LogP contribution in [0.15, 0.2) is 68.6 Å². The Morgan fingerprint density at radius 3 is 2.00 bits per heavy atom. The summed E-state index contributed by atoms with van der Waals surface area (Å²) < 4.78 is 1.02. The summed E-state index contributed by atoms with van der Waals surface area (Å²) in [6.45, 7) is 0. The molecule has 0 spiro atoms. The Balaban J connectivity index is 2.19. The van der Waals surface area contributed by atoms with Gasteiger partial charge in [-0.3, -0.25) is 5.84 Å². The highest BCUT2D eigenvalue weighted by atomic mass is 79.9. The number of nitrogens with two attached hydrogens (primary N) is 2. The van der Waals surface area contributed by atoms with Gasteiger partial charge in [0.1, 0.15) is 5.03 Å². The van der Waals surface area contributed by atoms with E-state index < -0.39 is 5.97 Å². The van der Waals surface area contributed by atoms with E-state index in [4.69, 9.17) is 16.7 Å². The maximum Gasteiger partial charge on any atom is 0.356 e.